The number of aromatic nitrogens is 2. The molecule has 0 aliphatic carbocycles. The maximum absolute atomic E-state index is 13.7. The molecule has 0 aliphatic heterocycles. The number of aryl methyl sites for hydroxylation is 2. The van der Waals surface area contributed by atoms with Crippen LogP contribution in [0.3, 0.4) is 0 Å². The van der Waals surface area contributed by atoms with E-state index >= 15 is 0 Å². The fourth-order valence-corrected chi connectivity index (χ4v) is 2.50. The quantitative estimate of drug-likeness (QED) is 0.720. The zero-order valence-electron chi connectivity index (χ0n) is 11.5. The fraction of sp³-hybridized carbons (Fsp3) is 0.188. The Balaban J connectivity index is 2.33. The lowest BCUT2D eigenvalue weighted by Crippen LogP contribution is -2.01. The molecule has 4 heteroatoms. The molecule has 0 unspecified atom stereocenters. The third kappa shape index (κ3) is 1.84. The molecule has 0 aliphatic rings. The molecule has 0 fully saturated rings. The Morgan fingerprint density at radius 3 is 2.80 bits per heavy atom. The van der Waals surface area contributed by atoms with Gasteiger partial charge in [0, 0.05) is 12.1 Å². The van der Waals surface area contributed by atoms with Crippen molar-refractivity contribution in [2.75, 3.05) is 5.73 Å². The number of nitrogen functional groups attached to an aromatic ring is 1. The molecule has 0 saturated carbocycles. The highest BCUT2D eigenvalue weighted by atomic mass is 19.1. The Kier molecular flexibility index (Phi) is 2.93. The van der Waals surface area contributed by atoms with Gasteiger partial charge in [-0.3, -0.25) is 0 Å². The first kappa shape index (κ1) is 12.7. The van der Waals surface area contributed by atoms with E-state index in [0.717, 1.165) is 23.1 Å². The van der Waals surface area contributed by atoms with Gasteiger partial charge in [0.05, 0.1) is 16.7 Å². The smallest absolute Gasteiger partial charge is 0.146 e. The van der Waals surface area contributed by atoms with Crippen LogP contribution in [-0.4, -0.2) is 9.55 Å². The molecule has 0 atom stereocenters. The molecule has 1 heterocycles. The van der Waals surface area contributed by atoms with E-state index in [1.165, 1.54) is 6.07 Å². The molecule has 0 radical (unpaired) electrons. The third-order valence-corrected chi connectivity index (χ3v) is 3.51. The van der Waals surface area contributed by atoms with E-state index in [4.69, 9.17) is 5.73 Å². The van der Waals surface area contributed by atoms with Crippen LogP contribution in [0.1, 0.15) is 12.5 Å². The van der Waals surface area contributed by atoms with Crippen LogP contribution in [-0.2, 0) is 6.54 Å². The van der Waals surface area contributed by atoms with E-state index < -0.39 is 5.82 Å². The van der Waals surface area contributed by atoms with Crippen molar-refractivity contribution in [1.82, 2.24) is 9.55 Å². The SMILES string of the molecule is CCn1c(-c2cccc(F)c2N)nc2cc(C)ccc21. The topological polar surface area (TPSA) is 43.8 Å². The molecular weight excluding hydrogens is 253 g/mol. The number of hydrogen-bond acceptors (Lipinski definition) is 2. The summed E-state index contributed by atoms with van der Waals surface area (Å²) < 4.78 is 15.7. The monoisotopic (exact) mass is 269 g/mol. The molecule has 0 amide bonds. The molecule has 2 aromatic carbocycles. The summed E-state index contributed by atoms with van der Waals surface area (Å²) in [5.74, 6) is 0.304. The van der Waals surface area contributed by atoms with Gasteiger partial charge in [-0.15, -0.1) is 0 Å². The van der Waals surface area contributed by atoms with Gasteiger partial charge in [0.1, 0.15) is 11.6 Å². The standard InChI is InChI=1S/C16H16FN3/c1-3-20-14-8-7-10(2)9-13(14)19-16(20)11-5-4-6-12(17)15(11)18/h4-9H,3,18H2,1-2H3. The molecule has 3 rings (SSSR count). The Morgan fingerprint density at radius 1 is 1.25 bits per heavy atom. The van der Waals surface area contributed by atoms with Gasteiger partial charge >= 0.3 is 0 Å². The van der Waals surface area contributed by atoms with Gasteiger partial charge in [0.2, 0.25) is 0 Å². The largest absolute Gasteiger partial charge is 0.396 e. The maximum Gasteiger partial charge on any atom is 0.146 e. The lowest BCUT2D eigenvalue weighted by Gasteiger charge is -2.09. The molecule has 102 valence electrons. The summed E-state index contributed by atoms with van der Waals surface area (Å²) in [5, 5.41) is 0. The molecule has 1 aromatic heterocycles. The second-order valence-electron chi connectivity index (χ2n) is 4.87. The molecule has 0 bridgehead atoms. The van der Waals surface area contributed by atoms with Crippen molar-refractivity contribution in [3.05, 3.63) is 47.8 Å². The normalized spacial score (nSPS) is 11.2. The van der Waals surface area contributed by atoms with Crippen LogP contribution in [0.25, 0.3) is 22.4 Å². The first-order valence-electron chi connectivity index (χ1n) is 6.63. The van der Waals surface area contributed by atoms with Gasteiger partial charge in [-0.05, 0) is 43.7 Å². The van der Waals surface area contributed by atoms with Crippen LogP contribution in [0.2, 0.25) is 0 Å². The number of hydrogen-bond donors (Lipinski definition) is 1. The number of imidazole rings is 1. The van der Waals surface area contributed by atoms with E-state index in [0.29, 0.717) is 11.4 Å². The zero-order valence-corrected chi connectivity index (χ0v) is 11.5. The summed E-state index contributed by atoms with van der Waals surface area (Å²) in [6, 6.07) is 10.9. The van der Waals surface area contributed by atoms with Gasteiger partial charge < -0.3 is 10.3 Å². The zero-order chi connectivity index (χ0) is 14.3. The second-order valence-corrected chi connectivity index (χ2v) is 4.87. The van der Waals surface area contributed by atoms with E-state index in [1.54, 1.807) is 12.1 Å². The number of benzene rings is 2. The molecule has 3 nitrogen and oxygen atoms in total. The fourth-order valence-electron chi connectivity index (χ4n) is 2.50. The maximum atomic E-state index is 13.7. The first-order chi connectivity index (χ1) is 9.61. The van der Waals surface area contributed by atoms with Crippen LogP contribution in [0.4, 0.5) is 10.1 Å². The Bertz CT molecular complexity index is 790. The highest BCUT2D eigenvalue weighted by Crippen LogP contribution is 2.30. The number of nitrogens with two attached hydrogens (primary N) is 1. The summed E-state index contributed by atoms with van der Waals surface area (Å²) >= 11 is 0. The summed E-state index contributed by atoms with van der Waals surface area (Å²) in [5.41, 5.74) is 9.75. The molecule has 20 heavy (non-hydrogen) atoms. The molecule has 3 aromatic rings. The van der Waals surface area contributed by atoms with Gasteiger partial charge in [-0.25, -0.2) is 9.37 Å². The van der Waals surface area contributed by atoms with Gasteiger partial charge in [-0.1, -0.05) is 12.1 Å². The second kappa shape index (κ2) is 4.63. The predicted molar refractivity (Wildman–Crippen MR) is 80.0 cm³/mol. The average molecular weight is 269 g/mol. The van der Waals surface area contributed by atoms with E-state index in [2.05, 4.69) is 15.6 Å². The predicted octanol–water partition coefficient (Wildman–Crippen LogP) is 3.75. The highest BCUT2D eigenvalue weighted by Gasteiger charge is 2.15. The Morgan fingerprint density at radius 2 is 2.05 bits per heavy atom. The van der Waals surface area contributed by atoms with Crippen LogP contribution in [0.5, 0.6) is 0 Å². The molecule has 0 saturated heterocycles. The Hall–Kier alpha value is -2.36. The summed E-state index contributed by atoms with van der Waals surface area (Å²) in [6.07, 6.45) is 0. The molecular formula is C16H16FN3. The number of halogens is 1. The molecule has 2 N–H and O–H groups in total. The van der Waals surface area contributed by atoms with Crippen molar-refractivity contribution < 1.29 is 4.39 Å². The third-order valence-electron chi connectivity index (χ3n) is 3.51. The minimum Gasteiger partial charge on any atom is -0.396 e. The Labute approximate surface area is 116 Å². The van der Waals surface area contributed by atoms with Crippen LogP contribution in [0.15, 0.2) is 36.4 Å². The first-order valence-corrected chi connectivity index (χ1v) is 6.63. The lowest BCUT2D eigenvalue weighted by atomic mass is 10.1. The highest BCUT2D eigenvalue weighted by molar-refractivity contribution is 5.84. The van der Waals surface area contributed by atoms with Crippen molar-refractivity contribution in [2.45, 2.75) is 20.4 Å². The van der Waals surface area contributed by atoms with Crippen molar-refractivity contribution in [1.29, 1.82) is 0 Å². The van der Waals surface area contributed by atoms with E-state index in [-0.39, 0.29) is 5.69 Å². The van der Waals surface area contributed by atoms with Gasteiger partial charge in [0.15, 0.2) is 0 Å². The summed E-state index contributed by atoms with van der Waals surface area (Å²) in [6.45, 7) is 4.82. The number of anilines is 1. The number of nitrogens with zero attached hydrogens (tertiary/aromatic N) is 2. The number of para-hydroxylation sites is 1. The van der Waals surface area contributed by atoms with Crippen molar-refractivity contribution in [3.8, 4) is 11.4 Å². The van der Waals surface area contributed by atoms with Crippen molar-refractivity contribution in [3.63, 3.8) is 0 Å². The van der Waals surface area contributed by atoms with Crippen LogP contribution < -0.4 is 5.73 Å². The lowest BCUT2D eigenvalue weighted by molar-refractivity contribution is 0.632. The van der Waals surface area contributed by atoms with Crippen LogP contribution >= 0.6 is 0 Å². The number of fused-ring (bicyclic) bond motifs is 1. The van der Waals surface area contributed by atoms with Crippen LogP contribution in [0, 0.1) is 12.7 Å². The van der Waals surface area contributed by atoms with E-state index in [1.807, 2.05) is 26.0 Å². The van der Waals surface area contributed by atoms with Gasteiger partial charge in [-0.2, -0.15) is 0 Å². The minimum absolute atomic E-state index is 0.147. The summed E-state index contributed by atoms with van der Waals surface area (Å²) in [4.78, 5) is 4.63. The number of rotatable bonds is 2. The van der Waals surface area contributed by atoms with Crippen molar-refractivity contribution >= 4 is 16.7 Å². The van der Waals surface area contributed by atoms with E-state index in [9.17, 15) is 4.39 Å². The van der Waals surface area contributed by atoms with Gasteiger partial charge in [0.25, 0.3) is 0 Å². The average Bonchev–Trinajstić information content (AvgIpc) is 2.79. The van der Waals surface area contributed by atoms with Crippen molar-refractivity contribution in [2.24, 2.45) is 0 Å². The summed E-state index contributed by atoms with van der Waals surface area (Å²) in [7, 11) is 0. The molecule has 0 spiro atoms. The minimum atomic E-state index is -0.409.